The highest BCUT2D eigenvalue weighted by Crippen LogP contribution is 1.94. The van der Waals surface area contributed by atoms with Gasteiger partial charge in [0.25, 0.3) is 5.91 Å². The number of hydrogen-bond acceptors (Lipinski definition) is 5. The zero-order chi connectivity index (χ0) is 14.5. The first-order valence-corrected chi connectivity index (χ1v) is 6.32. The van der Waals surface area contributed by atoms with Crippen molar-refractivity contribution in [2.45, 2.75) is 33.0 Å². The van der Waals surface area contributed by atoms with Gasteiger partial charge in [-0.05, 0) is 6.42 Å². The van der Waals surface area contributed by atoms with E-state index < -0.39 is 5.91 Å². The Morgan fingerprint density at radius 2 is 2.00 bits per heavy atom. The fourth-order valence-electron chi connectivity index (χ4n) is 1.83. The second kappa shape index (κ2) is 6.15. The predicted octanol–water partition coefficient (Wildman–Crippen LogP) is -1.04. The van der Waals surface area contributed by atoms with Crippen molar-refractivity contribution in [2.24, 2.45) is 5.84 Å². The van der Waals surface area contributed by atoms with Crippen molar-refractivity contribution in [1.29, 1.82) is 0 Å². The first kappa shape index (κ1) is 14.0. The minimum Gasteiger partial charge on any atom is -0.299 e. The quantitative estimate of drug-likeness (QED) is 0.398. The molecule has 2 aromatic rings. The topological polar surface area (TPSA) is 113 Å². The Kier molecular flexibility index (Phi) is 4.31. The molecule has 9 nitrogen and oxygen atoms in total. The van der Waals surface area contributed by atoms with Gasteiger partial charge in [-0.25, -0.2) is 15.3 Å². The molecule has 0 unspecified atom stereocenters. The van der Waals surface area contributed by atoms with Gasteiger partial charge in [0.2, 0.25) is 0 Å². The Morgan fingerprint density at radius 3 is 2.65 bits per heavy atom. The van der Waals surface area contributed by atoms with E-state index in [1.165, 1.54) is 10.9 Å². The number of hydrogen-bond donors (Lipinski definition) is 2. The van der Waals surface area contributed by atoms with Gasteiger partial charge >= 0.3 is 5.69 Å². The molecule has 20 heavy (non-hydrogen) atoms. The largest absolute Gasteiger partial charge is 0.328 e. The van der Waals surface area contributed by atoms with Gasteiger partial charge in [-0.1, -0.05) is 12.1 Å². The number of nitrogens with one attached hydrogen (secondary N) is 1. The molecule has 1 amide bonds. The molecule has 2 rings (SSSR count). The molecule has 0 aromatic carbocycles. The van der Waals surface area contributed by atoms with E-state index in [2.05, 4.69) is 10.3 Å². The molecule has 0 aliphatic carbocycles. The molecule has 0 saturated carbocycles. The molecular formula is C11H17N7O2. The Hall–Kier alpha value is -2.42. The third-order valence-corrected chi connectivity index (χ3v) is 2.85. The van der Waals surface area contributed by atoms with Crippen molar-refractivity contribution >= 4 is 5.91 Å². The van der Waals surface area contributed by atoms with E-state index in [0.29, 0.717) is 19.6 Å². The Labute approximate surface area is 115 Å². The number of carbonyl (C=O) groups excluding carboxylic acids is 1. The Bertz CT molecular complexity index is 639. The molecule has 0 radical (unpaired) electrons. The summed E-state index contributed by atoms with van der Waals surface area (Å²) < 4.78 is 4.75. The van der Waals surface area contributed by atoms with E-state index in [4.69, 9.17) is 5.84 Å². The zero-order valence-corrected chi connectivity index (χ0v) is 11.2. The smallest absolute Gasteiger partial charge is 0.299 e. The average molecular weight is 279 g/mol. The van der Waals surface area contributed by atoms with E-state index >= 15 is 0 Å². The molecular weight excluding hydrogens is 262 g/mol. The van der Waals surface area contributed by atoms with Gasteiger partial charge in [0, 0.05) is 25.5 Å². The van der Waals surface area contributed by atoms with Crippen molar-refractivity contribution in [3.63, 3.8) is 0 Å². The lowest BCUT2D eigenvalue weighted by molar-refractivity contribution is 0.0948. The van der Waals surface area contributed by atoms with Crippen LogP contribution in [0.4, 0.5) is 0 Å². The number of nitrogen functional groups attached to an aromatic ring is 1. The summed E-state index contributed by atoms with van der Waals surface area (Å²) in [4.78, 5) is 23.2. The number of aromatic nitrogens is 5. The maximum Gasteiger partial charge on any atom is 0.328 e. The average Bonchev–Trinajstić information content (AvgIpc) is 3.05. The highest BCUT2D eigenvalue weighted by atomic mass is 16.2. The summed E-state index contributed by atoms with van der Waals surface area (Å²) in [6.45, 7) is 3.63. The molecule has 9 heteroatoms. The maximum atomic E-state index is 11.9. The predicted molar refractivity (Wildman–Crippen MR) is 70.7 cm³/mol. The van der Waals surface area contributed by atoms with Gasteiger partial charge < -0.3 is 0 Å². The highest BCUT2D eigenvalue weighted by Gasteiger charge is 2.09. The number of imidazole rings is 1. The van der Waals surface area contributed by atoms with Crippen LogP contribution >= 0.6 is 0 Å². The molecule has 0 saturated heterocycles. The second-order valence-corrected chi connectivity index (χ2v) is 4.31. The number of nitrogens with zero attached hydrogens (tertiary/aromatic N) is 5. The summed E-state index contributed by atoms with van der Waals surface area (Å²) in [6.07, 6.45) is 5.89. The van der Waals surface area contributed by atoms with E-state index in [0.717, 1.165) is 6.42 Å². The number of rotatable bonds is 6. The third kappa shape index (κ3) is 2.94. The minimum atomic E-state index is -0.498. The summed E-state index contributed by atoms with van der Waals surface area (Å²) in [7, 11) is 0. The first-order valence-electron chi connectivity index (χ1n) is 6.32. The molecule has 3 N–H and O–H groups in total. The van der Waals surface area contributed by atoms with E-state index in [1.807, 2.05) is 12.3 Å². The Balaban J connectivity index is 2.00. The maximum absolute atomic E-state index is 11.9. The molecule has 0 bridgehead atoms. The summed E-state index contributed by atoms with van der Waals surface area (Å²) in [6, 6.07) is 0. The lowest BCUT2D eigenvalue weighted by Gasteiger charge is -2.01. The van der Waals surface area contributed by atoms with Crippen molar-refractivity contribution in [1.82, 2.24) is 29.6 Å². The standard InChI is InChI=1S/C11H17N7O2/c1-2-3-16-4-5-17(11(16)20)6-7-18-8-9(14-15-18)10(19)13-12/h4-5,8H,2-3,6-7,12H2,1H3,(H,13,19). The van der Waals surface area contributed by atoms with Crippen LogP contribution in [0.2, 0.25) is 0 Å². The van der Waals surface area contributed by atoms with E-state index in [-0.39, 0.29) is 11.4 Å². The molecule has 0 aliphatic heterocycles. The van der Waals surface area contributed by atoms with Crippen LogP contribution in [0, 0.1) is 0 Å². The van der Waals surface area contributed by atoms with E-state index in [9.17, 15) is 9.59 Å². The van der Waals surface area contributed by atoms with E-state index in [1.54, 1.807) is 21.5 Å². The molecule has 0 fully saturated rings. The summed E-state index contributed by atoms with van der Waals surface area (Å²) in [5.74, 6) is 4.51. The first-order chi connectivity index (χ1) is 9.65. The van der Waals surface area contributed by atoms with Crippen LogP contribution in [0.25, 0.3) is 0 Å². The fourth-order valence-corrected chi connectivity index (χ4v) is 1.83. The van der Waals surface area contributed by atoms with Crippen LogP contribution in [0.3, 0.4) is 0 Å². The van der Waals surface area contributed by atoms with Crippen molar-refractivity contribution in [3.8, 4) is 0 Å². The number of amides is 1. The molecule has 0 atom stereocenters. The molecule has 0 aliphatic rings. The van der Waals surface area contributed by atoms with Crippen LogP contribution in [0.15, 0.2) is 23.4 Å². The van der Waals surface area contributed by atoms with Gasteiger partial charge in [0.05, 0.1) is 12.7 Å². The summed E-state index contributed by atoms with van der Waals surface area (Å²) >= 11 is 0. The van der Waals surface area contributed by atoms with Crippen LogP contribution in [-0.2, 0) is 19.6 Å². The molecule has 108 valence electrons. The van der Waals surface area contributed by atoms with Crippen LogP contribution in [0.5, 0.6) is 0 Å². The number of carbonyl (C=O) groups is 1. The third-order valence-electron chi connectivity index (χ3n) is 2.85. The molecule has 2 aromatic heterocycles. The van der Waals surface area contributed by atoms with Crippen molar-refractivity contribution in [2.75, 3.05) is 0 Å². The number of hydrazine groups is 1. The minimum absolute atomic E-state index is 0.0492. The van der Waals surface area contributed by atoms with Gasteiger partial charge in [-0.2, -0.15) is 0 Å². The van der Waals surface area contributed by atoms with Crippen molar-refractivity contribution in [3.05, 3.63) is 34.8 Å². The monoisotopic (exact) mass is 279 g/mol. The SMILES string of the molecule is CCCn1ccn(CCn2cc(C(=O)NN)nn2)c1=O. The van der Waals surface area contributed by atoms with Crippen LogP contribution in [0.1, 0.15) is 23.8 Å². The van der Waals surface area contributed by atoms with Gasteiger partial charge in [-0.15, -0.1) is 5.10 Å². The summed E-state index contributed by atoms with van der Waals surface area (Å²) in [5.41, 5.74) is 2.07. The summed E-state index contributed by atoms with van der Waals surface area (Å²) in [5, 5.41) is 7.49. The van der Waals surface area contributed by atoms with Gasteiger partial charge in [0.15, 0.2) is 5.69 Å². The molecule has 2 heterocycles. The number of aryl methyl sites for hydroxylation is 3. The second-order valence-electron chi connectivity index (χ2n) is 4.31. The van der Waals surface area contributed by atoms with Gasteiger partial charge in [-0.3, -0.25) is 19.4 Å². The fraction of sp³-hybridized carbons (Fsp3) is 0.455. The lowest BCUT2D eigenvalue weighted by Crippen LogP contribution is -2.30. The van der Waals surface area contributed by atoms with Gasteiger partial charge in [0.1, 0.15) is 0 Å². The number of nitrogens with two attached hydrogens (primary N) is 1. The van der Waals surface area contributed by atoms with Crippen LogP contribution in [-0.4, -0.2) is 30.0 Å². The Morgan fingerprint density at radius 1 is 1.30 bits per heavy atom. The highest BCUT2D eigenvalue weighted by molar-refractivity contribution is 5.91. The van der Waals surface area contributed by atoms with Crippen molar-refractivity contribution < 1.29 is 4.79 Å². The molecule has 0 spiro atoms. The normalized spacial score (nSPS) is 10.7. The lowest BCUT2D eigenvalue weighted by atomic mass is 10.4. The zero-order valence-electron chi connectivity index (χ0n) is 11.2. The van der Waals surface area contributed by atoms with Crippen LogP contribution < -0.4 is 17.0 Å².